The van der Waals surface area contributed by atoms with Crippen LogP contribution in [-0.4, -0.2) is 32.8 Å². The molecule has 5 heteroatoms. The van der Waals surface area contributed by atoms with E-state index >= 15 is 0 Å². The summed E-state index contributed by atoms with van der Waals surface area (Å²) in [6.45, 7) is 3.84. The van der Waals surface area contributed by atoms with Gasteiger partial charge in [-0.2, -0.15) is 0 Å². The number of methoxy groups -OCH3 is 2. The van der Waals surface area contributed by atoms with Crippen molar-refractivity contribution in [1.82, 2.24) is 5.32 Å². The maximum Gasteiger partial charge on any atom is 0.407 e. The lowest BCUT2D eigenvalue weighted by molar-refractivity contribution is -0.139. The van der Waals surface area contributed by atoms with Gasteiger partial charge in [0, 0.05) is 0 Å². The fraction of sp³-hybridized carbons (Fsp3) is 0.714. The molecule has 72 valence electrons. The summed E-state index contributed by atoms with van der Waals surface area (Å²) in [6.07, 6.45) is -0.648. The maximum absolute atomic E-state index is 10.3. The summed E-state index contributed by atoms with van der Waals surface area (Å²) in [5.74, 6) is -0.509. The van der Waals surface area contributed by atoms with E-state index in [1.807, 2.05) is 13.8 Å². The monoisotopic (exact) mass is 177 g/mol. The molecular weight excluding hydrogens is 162 g/mol. The van der Waals surface area contributed by atoms with Gasteiger partial charge >= 0.3 is 12.1 Å². The summed E-state index contributed by atoms with van der Waals surface area (Å²) in [6, 6.07) is 0. The van der Waals surface area contributed by atoms with Crippen LogP contribution in [0.25, 0.3) is 0 Å². The second-order valence-corrected chi connectivity index (χ2v) is 1.42. The first-order chi connectivity index (χ1) is 5.70. The van der Waals surface area contributed by atoms with E-state index in [0.29, 0.717) is 0 Å². The average molecular weight is 177 g/mol. The van der Waals surface area contributed by atoms with Gasteiger partial charge in [-0.3, -0.25) is 4.79 Å². The molecule has 0 aliphatic rings. The van der Waals surface area contributed by atoms with Gasteiger partial charge in [0.25, 0.3) is 0 Å². The predicted molar refractivity (Wildman–Crippen MR) is 43.8 cm³/mol. The van der Waals surface area contributed by atoms with Gasteiger partial charge in [0.2, 0.25) is 0 Å². The van der Waals surface area contributed by atoms with Gasteiger partial charge < -0.3 is 14.8 Å². The minimum absolute atomic E-state index is 0.164. The number of carbonyl (C=O) groups is 2. The zero-order valence-electron chi connectivity index (χ0n) is 7.84. The summed E-state index contributed by atoms with van der Waals surface area (Å²) in [7, 11) is 2.45. The molecule has 0 spiro atoms. The molecule has 0 fully saturated rings. The molecule has 0 rings (SSSR count). The molecule has 0 aromatic carbocycles. The summed E-state index contributed by atoms with van der Waals surface area (Å²) >= 11 is 0. The molecule has 12 heavy (non-hydrogen) atoms. The molecule has 5 nitrogen and oxygen atoms in total. The van der Waals surface area contributed by atoms with E-state index in [0.717, 1.165) is 0 Å². The van der Waals surface area contributed by atoms with Crippen molar-refractivity contribution in [2.45, 2.75) is 13.8 Å². The van der Waals surface area contributed by atoms with Gasteiger partial charge in [0.05, 0.1) is 14.2 Å². The van der Waals surface area contributed by atoms with Crippen LogP contribution in [0, 0.1) is 0 Å². The molecule has 1 amide bonds. The van der Waals surface area contributed by atoms with Crippen molar-refractivity contribution in [3.8, 4) is 0 Å². The number of rotatable bonds is 2. The van der Waals surface area contributed by atoms with Crippen LogP contribution in [0.4, 0.5) is 4.79 Å². The normalized spacial score (nSPS) is 7.33. The smallest absolute Gasteiger partial charge is 0.407 e. The van der Waals surface area contributed by atoms with Gasteiger partial charge in [-0.15, -0.1) is 0 Å². The Morgan fingerprint density at radius 2 is 1.67 bits per heavy atom. The molecular formula is C7H15NO4. The number of ether oxygens (including phenoxy) is 2. The quantitative estimate of drug-likeness (QED) is 0.625. The molecule has 0 heterocycles. The molecule has 1 N–H and O–H groups in total. The van der Waals surface area contributed by atoms with Crippen molar-refractivity contribution in [1.29, 1.82) is 0 Å². The predicted octanol–water partition coefficient (Wildman–Crippen LogP) is 0.542. The highest BCUT2D eigenvalue weighted by Crippen LogP contribution is 1.72. The third-order valence-corrected chi connectivity index (χ3v) is 0.790. The Morgan fingerprint density at radius 3 is 2.00 bits per heavy atom. The first-order valence-electron chi connectivity index (χ1n) is 3.59. The molecule has 0 atom stereocenters. The van der Waals surface area contributed by atoms with Gasteiger partial charge in [-0.1, -0.05) is 13.8 Å². The minimum atomic E-state index is -0.648. The number of hydrogen-bond donors (Lipinski definition) is 1. The van der Waals surface area contributed by atoms with Crippen LogP contribution in [0.15, 0.2) is 0 Å². The van der Waals surface area contributed by atoms with E-state index in [1.165, 1.54) is 14.2 Å². The van der Waals surface area contributed by atoms with E-state index in [2.05, 4.69) is 14.8 Å². The maximum atomic E-state index is 10.3. The molecule has 0 radical (unpaired) electrons. The van der Waals surface area contributed by atoms with E-state index in [9.17, 15) is 9.59 Å². The van der Waals surface area contributed by atoms with Crippen LogP contribution >= 0.6 is 0 Å². The Morgan fingerprint density at radius 1 is 1.17 bits per heavy atom. The number of nitrogens with one attached hydrogen (secondary N) is 1. The lowest BCUT2D eigenvalue weighted by Crippen LogP contribution is -2.29. The number of carbonyl (C=O) groups excluding carboxylic acids is 2. The van der Waals surface area contributed by atoms with Crippen LogP contribution in [0.1, 0.15) is 13.8 Å². The van der Waals surface area contributed by atoms with Gasteiger partial charge in [0.1, 0.15) is 6.54 Å². The number of hydrogen-bond acceptors (Lipinski definition) is 4. The molecule has 0 aliphatic heterocycles. The standard InChI is InChI=1S/C5H9NO4.C2H6/c1-9-4(7)3-6-5(8)10-2;1-2/h3H2,1-2H3,(H,6,8);1-2H3. The molecule has 0 bridgehead atoms. The SMILES string of the molecule is CC.COC(=O)CNC(=O)OC. The Labute approximate surface area is 72.0 Å². The van der Waals surface area contributed by atoms with Crippen molar-refractivity contribution >= 4 is 12.1 Å². The second kappa shape index (κ2) is 9.74. The number of esters is 1. The van der Waals surface area contributed by atoms with Crippen LogP contribution < -0.4 is 5.32 Å². The van der Waals surface area contributed by atoms with Crippen molar-refractivity contribution in [2.75, 3.05) is 20.8 Å². The van der Waals surface area contributed by atoms with E-state index in [1.54, 1.807) is 0 Å². The third kappa shape index (κ3) is 8.74. The van der Waals surface area contributed by atoms with Crippen molar-refractivity contribution in [3.05, 3.63) is 0 Å². The van der Waals surface area contributed by atoms with Crippen molar-refractivity contribution < 1.29 is 19.1 Å². The lowest BCUT2D eigenvalue weighted by atomic mass is 10.6. The van der Waals surface area contributed by atoms with Gasteiger partial charge in [-0.25, -0.2) is 4.79 Å². The van der Waals surface area contributed by atoms with Crippen molar-refractivity contribution in [3.63, 3.8) is 0 Å². The fourth-order valence-electron chi connectivity index (χ4n) is 0.289. The summed E-state index contributed by atoms with van der Waals surface area (Å²) in [5.41, 5.74) is 0. The molecule has 0 aromatic rings. The lowest BCUT2D eigenvalue weighted by Gasteiger charge is -2.00. The van der Waals surface area contributed by atoms with Crippen LogP contribution in [0.3, 0.4) is 0 Å². The highest BCUT2D eigenvalue weighted by molar-refractivity contribution is 5.77. The van der Waals surface area contributed by atoms with Crippen LogP contribution in [-0.2, 0) is 14.3 Å². The Hall–Kier alpha value is -1.26. The average Bonchev–Trinajstić information content (AvgIpc) is 2.16. The Bertz CT molecular complexity index is 119. The molecule has 0 aliphatic carbocycles. The zero-order chi connectivity index (χ0) is 9.98. The van der Waals surface area contributed by atoms with Crippen molar-refractivity contribution in [2.24, 2.45) is 0 Å². The zero-order valence-corrected chi connectivity index (χ0v) is 7.84. The first-order valence-corrected chi connectivity index (χ1v) is 3.59. The molecule has 0 saturated carbocycles. The Balaban J connectivity index is 0. The first kappa shape index (κ1) is 13.3. The highest BCUT2D eigenvalue weighted by Gasteiger charge is 2.02. The van der Waals surface area contributed by atoms with Gasteiger partial charge in [0.15, 0.2) is 0 Å². The Kier molecular flexibility index (Phi) is 10.8. The third-order valence-electron chi connectivity index (χ3n) is 0.790. The summed E-state index contributed by atoms with van der Waals surface area (Å²) in [5, 5.41) is 2.15. The molecule has 0 aromatic heterocycles. The van der Waals surface area contributed by atoms with Crippen LogP contribution in [0.2, 0.25) is 0 Å². The van der Waals surface area contributed by atoms with E-state index < -0.39 is 12.1 Å². The second-order valence-electron chi connectivity index (χ2n) is 1.42. The largest absolute Gasteiger partial charge is 0.468 e. The minimum Gasteiger partial charge on any atom is -0.468 e. The summed E-state index contributed by atoms with van der Waals surface area (Å²) < 4.78 is 8.42. The number of alkyl carbamates (subject to hydrolysis) is 1. The molecule has 0 saturated heterocycles. The number of amides is 1. The molecule has 0 unspecified atom stereocenters. The highest BCUT2D eigenvalue weighted by atomic mass is 16.5. The van der Waals surface area contributed by atoms with Crippen LogP contribution in [0.5, 0.6) is 0 Å². The fourth-order valence-corrected chi connectivity index (χ4v) is 0.289. The van der Waals surface area contributed by atoms with Gasteiger partial charge in [-0.05, 0) is 0 Å². The van der Waals surface area contributed by atoms with E-state index in [4.69, 9.17) is 0 Å². The topological polar surface area (TPSA) is 64.6 Å². The summed E-state index contributed by atoms with van der Waals surface area (Å²) in [4.78, 5) is 20.6. The van der Waals surface area contributed by atoms with E-state index in [-0.39, 0.29) is 6.54 Å².